The number of furan rings is 1. The molecule has 1 aromatic rings. The van der Waals surface area contributed by atoms with Crippen LogP contribution in [0.2, 0.25) is 0 Å². The smallest absolute Gasteiger partial charge is 0.210 e. The van der Waals surface area contributed by atoms with E-state index < -0.39 is 14.2 Å². The first-order valence-electron chi connectivity index (χ1n) is 3.93. The van der Waals surface area contributed by atoms with Gasteiger partial charge in [0.15, 0.2) is 27.0 Å². The zero-order valence-corrected chi connectivity index (χ0v) is 9.11. The average molecular weight is 231 g/mol. The third-order valence-electron chi connectivity index (χ3n) is 1.52. The quantitative estimate of drug-likeness (QED) is 0.535. The molecule has 0 bridgehead atoms. The van der Waals surface area contributed by atoms with E-state index in [1.807, 2.05) is 0 Å². The summed E-state index contributed by atoms with van der Waals surface area (Å²) in [6.45, 7) is 0.347. The molecule has 15 heavy (non-hydrogen) atoms. The Kier molecular flexibility index (Phi) is 3.49. The summed E-state index contributed by atoms with van der Waals surface area (Å²) in [4.78, 5) is 10.9. The van der Waals surface area contributed by atoms with Gasteiger partial charge in [-0.05, 0) is 0 Å². The van der Waals surface area contributed by atoms with E-state index in [0.29, 0.717) is 0 Å². The molecule has 1 unspecified atom stereocenters. The molecule has 0 spiro atoms. The molecular formula is C7H9BO6P-. The Bertz CT molecular complexity index is 394. The summed E-state index contributed by atoms with van der Waals surface area (Å²) in [5, 5.41) is 8.87. The molecule has 0 aromatic carbocycles. The number of methoxy groups -OCH3 is 1. The summed E-state index contributed by atoms with van der Waals surface area (Å²) in [7, 11) is 2.64. The predicted octanol–water partition coefficient (Wildman–Crippen LogP) is -0.864. The van der Waals surface area contributed by atoms with Gasteiger partial charge in [0.2, 0.25) is 5.75 Å². The van der Waals surface area contributed by atoms with E-state index in [9.17, 15) is 9.46 Å². The van der Waals surface area contributed by atoms with Gasteiger partial charge < -0.3 is 23.7 Å². The summed E-state index contributed by atoms with van der Waals surface area (Å²) in [5.74, 6) is -0.349. The number of rotatable bonds is 4. The van der Waals surface area contributed by atoms with Gasteiger partial charge in [-0.3, -0.25) is 4.57 Å². The highest BCUT2D eigenvalue weighted by Gasteiger charge is 2.21. The van der Waals surface area contributed by atoms with Crippen molar-refractivity contribution >= 4 is 21.1 Å². The SMILES string of the molecule is [B]c1oc(CO)c(OP(C)(=O)[O-])c1OC. The molecule has 0 fully saturated rings. The molecule has 82 valence electrons. The Hall–Kier alpha value is -0.905. The fourth-order valence-electron chi connectivity index (χ4n) is 1.02. The first-order valence-corrected chi connectivity index (χ1v) is 5.92. The third kappa shape index (κ3) is 2.78. The van der Waals surface area contributed by atoms with Crippen LogP contribution in [0.15, 0.2) is 4.42 Å². The first kappa shape index (κ1) is 12.2. The van der Waals surface area contributed by atoms with Crippen LogP contribution in [-0.4, -0.2) is 26.7 Å². The van der Waals surface area contributed by atoms with Gasteiger partial charge in [0, 0.05) is 6.66 Å². The Morgan fingerprint density at radius 2 is 2.20 bits per heavy atom. The predicted molar refractivity (Wildman–Crippen MR) is 50.7 cm³/mol. The maximum atomic E-state index is 10.9. The van der Waals surface area contributed by atoms with Crippen molar-refractivity contribution in [2.45, 2.75) is 6.61 Å². The van der Waals surface area contributed by atoms with E-state index in [1.165, 1.54) is 7.11 Å². The first-order chi connectivity index (χ1) is 6.89. The summed E-state index contributed by atoms with van der Waals surface area (Å²) < 4.78 is 25.2. The van der Waals surface area contributed by atoms with Crippen LogP contribution in [-0.2, 0) is 11.2 Å². The molecular weight excluding hydrogens is 222 g/mol. The molecule has 1 heterocycles. The third-order valence-corrected chi connectivity index (χ3v) is 2.04. The van der Waals surface area contributed by atoms with Gasteiger partial charge in [-0.15, -0.1) is 0 Å². The standard InChI is InChI=1S/C7H10BO6P/c1-12-6-5(14-15(2,10)11)4(3-9)13-7(6)8/h9H,3H2,1-2H3,(H,10,11)/p-1. The number of hydrogen-bond acceptors (Lipinski definition) is 6. The molecule has 0 amide bonds. The maximum Gasteiger partial charge on any atom is 0.210 e. The Morgan fingerprint density at radius 1 is 1.60 bits per heavy atom. The molecule has 0 aliphatic carbocycles. The second kappa shape index (κ2) is 4.30. The van der Waals surface area contributed by atoms with Gasteiger partial charge in [0.05, 0.1) is 12.8 Å². The van der Waals surface area contributed by atoms with E-state index in [4.69, 9.17) is 22.1 Å². The number of aliphatic hydroxyl groups excluding tert-OH is 1. The van der Waals surface area contributed by atoms with Gasteiger partial charge in [-0.25, -0.2) is 0 Å². The van der Waals surface area contributed by atoms with Gasteiger partial charge in [-0.2, -0.15) is 0 Å². The second-order valence-corrected chi connectivity index (χ2v) is 4.50. The van der Waals surface area contributed by atoms with Crippen LogP contribution < -0.4 is 19.8 Å². The Morgan fingerprint density at radius 3 is 2.60 bits per heavy atom. The van der Waals surface area contributed by atoms with Crippen molar-refractivity contribution in [3.8, 4) is 11.5 Å². The molecule has 0 aliphatic heterocycles. The second-order valence-electron chi connectivity index (χ2n) is 2.77. The van der Waals surface area contributed by atoms with Crippen LogP contribution in [0.1, 0.15) is 5.76 Å². The molecule has 1 atom stereocenters. The molecule has 2 radical (unpaired) electrons. The Labute approximate surface area is 87.8 Å². The zero-order valence-electron chi connectivity index (χ0n) is 8.22. The fourth-order valence-corrected chi connectivity index (χ4v) is 1.54. The lowest BCUT2D eigenvalue weighted by Gasteiger charge is -2.19. The Balaban J connectivity index is 3.18. The summed E-state index contributed by atoms with van der Waals surface area (Å²) >= 11 is 0. The van der Waals surface area contributed by atoms with Crippen LogP contribution in [0.5, 0.6) is 11.5 Å². The van der Waals surface area contributed by atoms with E-state index in [2.05, 4.69) is 4.52 Å². The average Bonchev–Trinajstić information content (AvgIpc) is 2.39. The van der Waals surface area contributed by atoms with Crippen LogP contribution in [0, 0.1) is 0 Å². The molecule has 1 N–H and O–H groups in total. The number of ether oxygens (including phenoxy) is 1. The minimum atomic E-state index is -4.01. The molecule has 1 rings (SSSR count). The molecule has 1 aromatic heterocycles. The van der Waals surface area contributed by atoms with E-state index in [-0.39, 0.29) is 22.9 Å². The monoisotopic (exact) mass is 231 g/mol. The van der Waals surface area contributed by atoms with Crippen molar-refractivity contribution in [2.75, 3.05) is 13.8 Å². The highest BCUT2D eigenvalue weighted by Crippen LogP contribution is 2.41. The van der Waals surface area contributed by atoms with Crippen molar-refractivity contribution in [1.82, 2.24) is 0 Å². The molecule has 6 nitrogen and oxygen atoms in total. The van der Waals surface area contributed by atoms with Crippen molar-refractivity contribution in [3.63, 3.8) is 0 Å². The van der Waals surface area contributed by atoms with E-state index in [1.54, 1.807) is 0 Å². The number of hydrogen-bond donors (Lipinski definition) is 1. The minimum Gasteiger partial charge on any atom is -0.769 e. The topological polar surface area (TPSA) is 92.0 Å². The van der Waals surface area contributed by atoms with E-state index in [0.717, 1.165) is 6.66 Å². The van der Waals surface area contributed by atoms with Crippen molar-refractivity contribution in [1.29, 1.82) is 0 Å². The van der Waals surface area contributed by atoms with Gasteiger partial charge >= 0.3 is 0 Å². The summed E-state index contributed by atoms with van der Waals surface area (Å²) in [6, 6.07) is 0. The van der Waals surface area contributed by atoms with Crippen LogP contribution in [0.4, 0.5) is 0 Å². The van der Waals surface area contributed by atoms with Crippen molar-refractivity contribution < 1.29 is 28.2 Å². The zero-order chi connectivity index (χ0) is 11.6. The highest BCUT2D eigenvalue weighted by molar-refractivity contribution is 7.50. The highest BCUT2D eigenvalue weighted by atomic mass is 31.2. The minimum absolute atomic E-state index is 0.0445. The van der Waals surface area contributed by atoms with Crippen LogP contribution >= 0.6 is 7.60 Å². The molecule has 0 saturated carbocycles. The molecule has 0 aliphatic rings. The van der Waals surface area contributed by atoms with Gasteiger partial charge in [-0.1, -0.05) is 0 Å². The largest absolute Gasteiger partial charge is 0.769 e. The normalized spacial score (nSPS) is 14.7. The summed E-state index contributed by atoms with van der Waals surface area (Å²) in [6.07, 6.45) is 0. The van der Waals surface area contributed by atoms with Gasteiger partial charge in [0.1, 0.15) is 6.61 Å². The fraction of sp³-hybridized carbons (Fsp3) is 0.429. The lowest BCUT2D eigenvalue weighted by molar-refractivity contribution is -0.189. The van der Waals surface area contributed by atoms with Crippen molar-refractivity contribution in [2.24, 2.45) is 0 Å². The van der Waals surface area contributed by atoms with Crippen LogP contribution in [0.25, 0.3) is 0 Å². The molecule has 8 heteroatoms. The maximum absolute atomic E-state index is 10.9. The number of aliphatic hydroxyl groups is 1. The summed E-state index contributed by atoms with van der Waals surface area (Å²) in [5.41, 5.74) is -0.148. The lowest BCUT2D eigenvalue weighted by atomic mass is 10.1. The van der Waals surface area contributed by atoms with Crippen LogP contribution in [0.3, 0.4) is 0 Å². The molecule has 0 saturated heterocycles. The van der Waals surface area contributed by atoms with Crippen molar-refractivity contribution in [3.05, 3.63) is 5.76 Å². The van der Waals surface area contributed by atoms with Gasteiger partial charge in [0.25, 0.3) is 0 Å². The lowest BCUT2D eigenvalue weighted by Crippen LogP contribution is -2.07. The van der Waals surface area contributed by atoms with E-state index >= 15 is 0 Å².